The number of hydroxylamine groups is 2. The first-order chi connectivity index (χ1) is 21.5. The quantitative estimate of drug-likeness (QED) is 0.216. The highest BCUT2D eigenvalue weighted by Gasteiger charge is 2.60. The summed E-state index contributed by atoms with van der Waals surface area (Å²) in [5, 5.41) is 1.92. The molecule has 2 saturated heterocycles. The summed E-state index contributed by atoms with van der Waals surface area (Å²) >= 11 is 1.36. The van der Waals surface area contributed by atoms with Crippen molar-refractivity contribution >= 4 is 34.1 Å². The van der Waals surface area contributed by atoms with Gasteiger partial charge in [0.05, 0.1) is 31.2 Å². The standard InChI is InChI=1S/C35H40N2O7S/c1-7-42-25-17-21(13-16-24(25)43-19-20-11-9-8-10-12-20)29-28-30(44-36(29)5)32(39)37(31(28)38)33-27(34(40)41-6)23-15-14-22(35(2,3)4)18-26(23)45-33/h8-13,16-17,22,28-30H,7,14-15,18-19H2,1-6H3/t22-,28-,29+,30+/m1/s1. The molecule has 3 aliphatic rings. The van der Waals surface area contributed by atoms with Crippen LogP contribution in [0, 0.1) is 17.3 Å². The lowest BCUT2D eigenvalue weighted by Gasteiger charge is -2.33. The molecule has 6 rings (SSSR count). The largest absolute Gasteiger partial charge is 0.490 e. The van der Waals surface area contributed by atoms with Gasteiger partial charge in [-0.15, -0.1) is 11.3 Å². The first kappa shape index (κ1) is 31.3. The molecule has 2 fully saturated rings. The fourth-order valence-corrected chi connectivity index (χ4v) is 8.20. The van der Waals surface area contributed by atoms with Gasteiger partial charge in [0.15, 0.2) is 17.6 Å². The molecule has 0 bridgehead atoms. The predicted molar refractivity (Wildman–Crippen MR) is 170 cm³/mol. The molecule has 10 heteroatoms. The maximum absolute atomic E-state index is 14.3. The Labute approximate surface area is 268 Å². The van der Waals surface area contributed by atoms with E-state index in [2.05, 4.69) is 20.8 Å². The molecule has 2 amide bonds. The van der Waals surface area contributed by atoms with Gasteiger partial charge in [-0.2, -0.15) is 5.06 Å². The van der Waals surface area contributed by atoms with E-state index in [-0.39, 0.29) is 5.41 Å². The van der Waals surface area contributed by atoms with Crippen LogP contribution >= 0.6 is 11.3 Å². The Kier molecular flexibility index (Phi) is 8.49. The van der Waals surface area contributed by atoms with Crippen molar-refractivity contribution in [2.45, 2.75) is 65.7 Å². The summed E-state index contributed by atoms with van der Waals surface area (Å²) in [5.41, 5.74) is 3.10. The second-order valence-corrected chi connectivity index (χ2v) is 14.0. The number of anilines is 1. The number of fused-ring (bicyclic) bond motifs is 2. The Morgan fingerprint density at radius 2 is 1.80 bits per heavy atom. The van der Waals surface area contributed by atoms with Gasteiger partial charge in [0, 0.05) is 11.9 Å². The van der Waals surface area contributed by atoms with Gasteiger partial charge in [-0.05, 0) is 66.3 Å². The van der Waals surface area contributed by atoms with Crippen LogP contribution in [0.5, 0.6) is 11.5 Å². The normalized spacial score (nSPS) is 23.2. The average Bonchev–Trinajstić information content (AvgIpc) is 3.64. The topological polar surface area (TPSA) is 94.6 Å². The highest BCUT2D eigenvalue weighted by Crippen LogP contribution is 2.51. The molecule has 0 radical (unpaired) electrons. The molecule has 2 aliphatic heterocycles. The summed E-state index contributed by atoms with van der Waals surface area (Å²) in [6.45, 7) is 9.37. The monoisotopic (exact) mass is 632 g/mol. The summed E-state index contributed by atoms with van der Waals surface area (Å²) in [6, 6.07) is 14.9. The molecule has 0 saturated carbocycles. The number of imide groups is 1. The van der Waals surface area contributed by atoms with Gasteiger partial charge in [-0.25, -0.2) is 9.69 Å². The van der Waals surface area contributed by atoms with Crippen LogP contribution in [0.15, 0.2) is 48.5 Å². The molecule has 0 unspecified atom stereocenters. The van der Waals surface area contributed by atoms with Crippen LogP contribution in [-0.4, -0.2) is 49.7 Å². The molecule has 1 aliphatic carbocycles. The summed E-state index contributed by atoms with van der Waals surface area (Å²) in [7, 11) is 3.06. The maximum Gasteiger partial charge on any atom is 0.341 e. The van der Waals surface area contributed by atoms with Crippen molar-refractivity contribution in [2.24, 2.45) is 17.3 Å². The van der Waals surface area contributed by atoms with E-state index in [4.69, 9.17) is 19.0 Å². The average molecular weight is 633 g/mol. The van der Waals surface area contributed by atoms with Crippen LogP contribution in [-0.2, 0) is 38.6 Å². The predicted octanol–water partition coefficient (Wildman–Crippen LogP) is 6.14. The van der Waals surface area contributed by atoms with Crippen LogP contribution in [0.1, 0.15) is 72.1 Å². The lowest BCUT2D eigenvalue weighted by molar-refractivity contribution is -0.160. The van der Waals surface area contributed by atoms with Gasteiger partial charge in [0.2, 0.25) is 5.91 Å². The number of thiophene rings is 1. The summed E-state index contributed by atoms with van der Waals surface area (Å²) in [5.74, 6) is -0.647. The molecular weight excluding hydrogens is 592 g/mol. The minimum absolute atomic E-state index is 0.0949. The van der Waals surface area contributed by atoms with E-state index in [1.807, 2.05) is 55.5 Å². The highest BCUT2D eigenvalue weighted by atomic mass is 32.1. The van der Waals surface area contributed by atoms with E-state index in [9.17, 15) is 14.4 Å². The van der Waals surface area contributed by atoms with E-state index in [1.54, 1.807) is 12.1 Å². The SMILES string of the molecule is CCOc1cc([C@H]2[C@H]3C(=O)N(c4sc5c(c4C(=O)OC)CC[C@@H](C(C)(C)C)C5)C(=O)[C@H]3ON2C)ccc1OCc1ccccc1. The number of esters is 1. The van der Waals surface area contributed by atoms with Crippen LogP contribution in [0.3, 0.4) is 0 Å². The number of hydrogen-bond donors (Lipinski definition) is 0. The van der Waals surface area contributed by atoms with Gasteiger partial charge in [-0.3, -0.25) is 14.4 Å². The maximum atomic E-state index is 14.3. The number of hydrogen-bond acceptors (Lipinski definition) is 9. The number of carbonyl (C=O) groups is 3. The Bertz CT molecular complexity index is 1610. The number of benzene rings is 2. The van der Waals surface area contributed by atoms with Crippen molar-refractivity contribution in [3.63, 3.8) is 0 Å². The van der Waals surface area contributed by atoms with Crippen molar-refractivity contribution < 1.29 is 33.4 Å². The second-order valence-electron chi connectivity index (χ2n) is 12.9. The molecule has 3 heterocycles. The number of amides is 2. The summed E-state index contributed by atoms with van der Waals surface area (Å²) < 4.78 is 17.2. The zero-order chi connectivity index (χ0) is 32.0. The van der Waals surface area contributed by atoms with Crippen LogP contribution in [0.25, 0.3) is 0 Å². The van der Waals surface area contributed by atoms with E-state index in [0.717, 1.165) is 34.4 Å². The van der Waals surface area contributed by atoms with Crippen LogP contribution < -0.4 is 14.4 Å². The Hall–Kier alpha value is -3.73. The molecule has 1 aromatic heterocycles. The zero-order valence-electron chi connectivity index (χ0n) is 26.6. The van der Waals surface area contributed by atoms with Crippen molar-refractivity contribution in [1.82, 2.24) is 5.06 Å². The number of ether oxygens (including phenoxy) is 3. The second kappa shape index (κ2) is 12.2. The minimum atomic E-state index is -1.01. The molecule has 3 aromatic rings. The summed E-state index contributed by atoms with van der Waals surface area (Å²) in [4.78, 5) is 49.6. The zero-order valence-corrected chi connectivity index (χ0v) is 27.4. The number of nitrogens with zero attached hydrogens (tertiary/aromatic N) is 2. The van der Waals surface area contributed by atoms with Gasteiger partial charge < -0.3 is 14.2 Å². The van der Waals surface area contributed by atoms with Gasteiger partial charge in [0.25, 0.3) is 5.91 Å². The minimum Gasteiger partial charge on any atom is -0.490 e. The number of methoxy groups -OCH3 is 1. The van der Waals surface area contributed by atoms with E-state index >= 15 is 0 Å². The van der Waals surface area contributed by atoms with Crippen molar-refractivity contribution in [3.8, 4) is 11.5 Å². The molecule has 4 atom stereocenters. The van der Waals surface area contributed by atoms with Crippen LogP contribution in [0.4, 0.5) is 5.00 Å². The lowest BCUT2D eigenvalue weighted by atomic mass is 9.72. The van der Waals surface area contributed by atoms with Gasteiger partial charge in [0.1, 0.15) is 11.6 Å². The van der Waals surface area contributed by atoms with E-state index < -0.39 is 35.8 Å². The van der Waals surface area contributed by atoms with Crippen LogP contribution in [0.2, 0.25) is 0 Å². The van der Waals surface area contributed by atoms with Crippen molar-refractivity contribution in [3.05, 3.63) is 75.7 Å². The first-order valence-corrected chi connectivity index (χ1v) is 16.3. The highest BCUT2D eigenvalue weighted by molar-refractivity contribution is 7.17. The molecule has 45 heavy (non-hydrogen) atoms. The first-order valence-electron chi connectivity index (χ1n) is 15.5. The molecule has 238 valence electrons. The third-order valence-corrected chi connectivity index (χ3v) is 10.5. The molecular formula is C35H40N2O7S. The molecule has 2 aromatic carbocycles. The van der Waals surface area contributed by atoms with Crippen molar-refractivity contribution in [2.75, 3.05) is 25.7 Å². The molecule has 0 N–H and O–H groups in total. The Balaban J connectivity index is 1.32. The Morgan fingerprint density at radius 1 is 1.04 bits per heavy atom. The number of rotatable bonds is 8. The van der Waals surface area contributed by atoms with Crippen molar-refractivity contribution in [1.29, 1.82) is 0 Å². The summed E-state index contributed by atoms with van der Waals surface area (Å²) in [6.07, 6.45) is 1.40. The van der Waals surface area contributed by atoms with Gasteiger partial charge >= 0.3 is 5.97 Å². The lowest BCUT2D eigenvalue weighted by Crippen LogP contribution is -2.36. The third-order valence-electron chi connectivity index (χ3n) is 9.22. The smallest absolute Gasteiger partial charge is 0.341 e. The number of carbonyl (C=O) groups excluding carboxylic acids is 3. The third kappa shape index (κ3) is 5.64. The fourth-order valence-electron chi connectivity index (χ4n) is 6.78. The van der Waals surface area contributed by atoms with E-state index in [1.165, 1.54) is 23.3 Å². The molecule has 9 nitrogen and oxygen atoms in total. The fraction of sp³-hybridized carbons (Fsp3) is 0.457. The molecule has 0 spiro atoms. The van der Waals surface area contributed by atoms with E-state index in [0.29, 0.717) is 47.6 Å². The van der Waals surface area contributed by atoms with Gasteiger partial charge in [-0.1, -0.05) is 57.2 Å². The Morgan fingerprint density at radius 3 is 2.49 bits per heavy atom.